The maximum Gasteiger partial charge on any atom is 0.305 e. The summed E-state index contributed by atoms with van der Waals surface area (Å²) in [6.07, 6.45) is -0.415. The molecule has 0 bridgehead atoms. The highest BCUT2D eigenvalue weighted by Gasteiger charge is 2.36. The number of carboxylic acid groups (broad SMARTS) is 1. The van der Waals surface area contributed by atoms with E-state index in [-0.39, 0.29) is 23.9 Å². The van der Waals surface area contributed by atoms with Crippen molar-refractivity contribution >= 4 is 23.5 Å². The van der Waals surface area contributed by atoms with E-state index in [4.69, 9.17) is 16.3 Å². The number of aliphatic carboxylic acids is 1. The Labute approximate surface area is 213 Å². The van der Waals surface area contributed by atoms with Crippen LogP contribution in [0.3, 0.4) is 0 Å². The first kappa shape index (κ1) is 27.2. The number of rotatable bonds is 9. The lowest BCUT2D eigenvalue weighted by atomic mass is 9.78. The number of aliphatic hydroxyl groups is 1. The topological polar surface area (TPSA) is 114 Å². The lowest BCUT2D eigenvalue weighted by molar-refractivity contribution is -0.137. The minimum absolute atomic E-state index is 0.0299. The van der Waals surface area contributed by atoms with Gasteiger partial charge >= 0.3 is 5.97 Å². The molecule has 192 valence electrons. The molecule has 3 rings (SSSR count). The van der Waals surface area contributed by atoms with Crippen molar-refractivity contribution in [3.05, 3.63) is 76.7 Å². The molecule has 10 heteroatoms. The number of aromatic nitrogens is 2. The molecule has 1 aromatic heterocycles. The maximum absolute atomic E-state index is 14.6. The first-order chi connectivity index (χ1) is 16.8. The second-order valence-corrected chi connectivity index (χ2v) is 10.1. The van der Waals surface area contributed by atoms with Crippen LogP contribution in [0.1, 0.15) is 56.2 Å². The van der Waals surface area contributed by atoms with Gasteiger partial charge in [-0.3, -0.25) is 9.59 Å². The summed E-state index contributed by atoms with van der Waals surface area (Å²) in [4.78, 5) is 24.6. The highest BCUT2D eigenvalue weighted by Crippen LogP contribution is 2.32. The zero-order chi connectivity index (χ0) is 26.7. The number of amides is 1. The Morgan fingerprint density at radius 2 is 1.78 bits per heavy atom. The summed E-state index contributed by atoms with van der Waals surface area (Å²) in [5, 5.41) is 27.4. The van der Waals surface area contributed by atoms with E-state index in [1.165, 1.54) is 24.3 Å². The van der Waals surface area contributed by atoms with Crippen molar-refractivity contribution in [2.45, 2.75) is 45.8 Å². The van der Waals surface area contributed by atoms with E-state index in [1.807, 2.05) is 20.8 Å². The lowest BCUT2D eigenvalue weighted by Crippen LogP contribution is -2.45. The van der Waals surface area contributed by atoms with Gasteiger partial charge in [0.25, 0.3) is 5.91 Å². The number of benzene rings is 2. The van der Waals surface area contributed by atoms with Gasteiger partial charge in [0.15, 0.2) is 5.69 Å². The molecule has 2 aromatic carbocycles. The van der Waals surface area contributed by atoms with Crippen molar-refractivity contribution in [2.24, 2.45) is 5.41 Å². The van der Waals surface area contributed by atoms with Gasteiger partial charge in [-0.2, -0.15) is 9.78 Å². The molecule has 36 heavy (non-hydrogen) atoms. The van der Waals surface area contributed by atoms with Crippen molar-refractivity contribution in [2.75, 3.05) is 6.61 Å². The van der Waals surface area contributed by atoms with Crippen LogP contribution >= 0.6 is 11.6 Å². The molecule has 0 aliphatic heterocycles. The zero-order valence-electron chi connectivity index (χ0n) is 20.5. The summed E-state index contributed by atoms with van der Waals surface area (Å²) in [6, 6.07) is 12.8. The Balaban J connectivity index is 1.97. The third kappa shape index (κ3) is 6.22. The van der Waals surface area contributed by atoms with E-state index in [1.54, 1.807) is 37.3 Å². The number of hydrogen-bond donors (Lipinski definition) is 3. The fourth-order valence-electron chi connectivity index (χ4n) is 3.21. The van der Waals surface area contributed by atoms with Crippen LogP contribution in [0.25, 0.3) is 5.69 Å². The predicted molar refractivity (Wildman–Crippen MR) is 133 cm³/mol. The molecule has 2 unspecified atom stereocenters. The summed E-state index contributed by atoms with van der Waals surface area (Å²) in [5.74, 6) is -2.41. The fraction of sp³-hybridized carbons (Fsp3) is 0.346. The second-order valence-electron chi connectivity index (χ2n) is 9.69. The molecule has 3 N–H and O–H groups in total. The van der Waals surface area contributed by atoms with Gasteiger partial charge in [-0.15, -0.1) is 0 Å². The van der Waals surface area contributed by atoms with E-state index in [9.17, 15) is 24.2 Å². The minimum atomic E-state index is -1.25. The van der Waals surface area contributed by atoms with Crippen LogP contribution in [-0.4, -0.2) is 44.1 Å². The van der Waals surface area contributed by atoms with Crippen molar-refractivity contribution in [3.63, 3.8) is 0 Å². The summed E-state index contributed by atoms with van der Waals surface area (Å²) in [5.41, 5.74) is -1.45. The van der Waals surface area contributed by atoms with E-state index in [0.29, 0.717) is 10.6 Å². The first-order valence-electron chi connectivity index (χ1n) is 11.3. The van der Waals surface area contributed by atoms with E-state index < -0.39 is 41.2 Å². The number of carboxylic acids is 1. The largest absolute Gasteiger partial charge is 0.481 e. The first-order valence-corrected chi connectivity index (χ1v) is 11.6. The molecule has 0 aliphatic carbocycles. The Morgan fingerprint density at radius 3 is 2.39 bits per heavy atom. The van der Waals surface area contributed by atoms with Gasteiger partial charge in [0, 0.05) is 11.1 Å². The normalized spacial score (nSPS) is 14.1. The van der Waals surface area contributed by atoms with Crippen LogP contribution in [0, 0.1) is 11.2 Å². The molecule has 3 aromatic rings. The molecule has 0 saturated heterocycles. The van der Waals surface area contributed by atoms with Crippen molar-refractivity contribution < 1.29 is 28.9 Å². The molecule has 0 spiro atoms. The Kier molecular flexibility index (Phi) is 8.05. The van der Waals surface area contributed by atoms with Gasteiger partial charge in [-0.05, 0) is 36.1 Å². The van der Waals surface area contributed by atoms with Gasteiger partial charge in [0.05, 0.1) is 12.5 Å². The number of nitrogens with one attached hydrogen (secondary N) is 1. The highest BCUT2D eigenvalue weighted by molar-refractivity contribution is 6.31. The van der Waals surface area contributed by atoms with Crippen LogP contribution in [0.2, 0.25) is 5.02 Å². The minimum Gasteiger partial charge on any atom is -0.481 e. The molecule has 2 atom stereocenters. The van der Waals surface area contributed by atoms with Gasteiger partial charge in [0.1, 0.15) is 23.7 Å². The SMILES string of the molecule is CC(C)(C)C(C)(O)COc1cc(C(=O)NC(CC(=O)O)c2ccccc2Cl)nn1-c1ccccc1F. The molecule has 0 radical (unpaired) electrons. The predicted octanol–water partition coefficient (Wildman–Crippen LogP) is 4.79. The van der Waals surface area contributed by atoms with E-state index in [0.717, 1.165) is 4.68 Å². The van der Waals surface area contributed by atoms with E-state index >= 15 is 0 Å². The standard InChI is InChI=1S/C26H29ClFN3O5/c1-25(2,3)26(4,35)15-36-22-13-20(30-31(22)21-12-8-7-11-18(21)28)24(34)29-19(14-23(32)33)16-9-5-6-10-17(16)27/h5-13,19,35H,14-15H2,1-4H3,(H,29,34)(H,32,33). The average molecular weight is 518 g/mol. The number of carbonyl (C=O) groups is 2. The van der Waals surface area contributed by atoms with Crippen molar-refractivity contribution in [3.8, 4) is 11.6 Å². The molecule has 0 fully saturated rings. The quantitative estimate of drug-likeness (QED) is 0.376. The third-order valence-electron chi connectivity index (χ3n) is 6.07. The number of nitrogens with zero attached hydrogens (tertiary/aromatic N) is 2. The van der Waals surface area contributed by atoms with Crippen molar-refractivity contribution in [1.29, 1.82) is 0 Å². The lowest BCUT2D eigenvalue weighted by Gasteiger charge is -2.36. The average Bonchev–Trinajstić information content (AvgIpc) is 3.21. The number of para-hydroxylation sites is 1. The van der Waals surface area contributed by atoms with Crippen LogP contribution in [0.15, 0.2) is 54.6 Å². The van der Waals surface area contributed by atoms with Gasteiger partial charge in [-0.1, -0.05) is 62.7 Å². The highest BCUT2D eigenvalue weighted by atomic mass is 35.5. The van der Waals surface area contributed by atoms with Gasteiger partial charge in [0.2, 0.25) is 5.88 Å². The fourth-order valence-corrected chi connectivity index (χ4v) is 3.48. The van der Waals surface area contributed by atoms with Crippen molar-refractivity contribution in [1.82, 2.24) is 15.1 Å². The summed E-state index contributed by atoms with van der Waals surface area (Å²) >= 11 is 6.23. The van der Waals surface area contributed by atoms with Crippen LogP contribution in [-0.2, 0) is 4.79 Å². The molecule has 0 aliphatic rings. The number of carbonyl (C=O) groups excluding carboxylic acids is 1. The summed E-state index contributed by atoms with van der Waals surface area (Å²) in [7, 11) is 0. The molecular formula is C26H29ClFN3O5. The van der Waals surface area contributed by atoms with Crippen LogP contribution in [0.4, 0.5) is 4.39 Å². The van der Waals surface area contributed by atoms with Gasteiger partial charge < -0.3 is 20.3 Å². The van der Waals surface area contributed by atoms with E-state index in [2.05, 4.69) is 10.4 Å². The number of ether oxygens (including phenoxy) is 1. The summed E-state index contributed by atoms with van der Waals surface area (Å²) < 4.78 is 21.6. The number of hydrogen-bond acceptors (Lipinski definition) is 5. The van der Waals surface area contributed by atoms with Crippen LogP contribution < -0.4 is 10.1 Å². The third-order valence-corrected chi connectivity index (χ3v) is 6.42. The Morgan fingerprint density at radius 1 is 1.14 bits per heavy atom. The zero-order valence-corrected chi connectivity index (χ0v) is 21.2. The molecule has 1 amide bonds. The Hall–Kier alpha value is -3.43. The molecule has 0 saturated carbocycles. The smallest absolute Gasteiger partial charge is 0.305 e. The second kappa shape index (κ2) is 10.7. The number of halogens is 2. The summed E-state index contributed by atoms with van der Waals surface area (Å²) in [6.45, 7) is 7.01. The maximum atomic E-state index is 14.6. The Bertz CT molecular complexity index is 1250. The molecule has 1 heterocycles. The monoisotopic (exact) mass is 517 g/mol. The van der Waals surface area contributed by atoms with Gasteiger partial charge in [-0.25, -0.2) is 4.39 Å². The molecular weight excluding hydrogens is 489 g/mol. The molecule has 8 nitrogen and oxygen atoms in total. The van der Waals surface area contributed by atoms with Crippen LogP contribution in [0.5, 0.6) is 5.88 Å².